The molecule has 0 aliphatic heterocycles. The van der Waals surface area contributed by atoms with Crippen LogP contribution < -0.4 is 0 Å². The van der Waals surface area contributed by atoms with Crippen LogP contribution in [0.1, 0.15) is 0 Å². The third kappa shape index (κ3) is 8.87. The Hall–Kier alpha value is 2.92. The molecule has 0 radical (unpaired) electrons. The first-order valence-electron chi connectivity index (χ1n) is 0. The van der Waals surface area contributed by atoms with Gasteiger partial charge in [0.15, 0.2) is 0 Å². The molecule has 0 aliphatic carbocycles. The van der Waals surface area contributed by atoms with Crippen molar-refractivity contribution in [2.75, 3.05) is 0 Å². The van der Waals surface area contributed by atoms with Crippen LogP contribution in [0.4, 0.5) is 0 Å². The summed E-state index contributed by atoms with van der Waals surface area (Å²) in [6, 6.07) is 0. The van der Waals surface area contributed by atoms with Gasteiger partial charge in [0.05, 0.1) is 0 Å². The number of rotatable bonds is 0. The quantitative estimate of drug-likeness (QED) is 0.379. The van der Waals surface area contributed by atoms with E-state index >= 15 is 0 Å². The summed E-state index contributed by atoms with van der Waals surface area (Å²) in [5.74, 6) is 0. The summed E-state index contributed by atoms with van der Waals surface area (Å²) in [6.07, 6.45) is 0. The average molecular weight is 541 g/mol. The maximum atomic E-state index is 0. The minimum absolute atomic E-state index is 0. The van der Waals surface area contributed by atoms with Gasteiger partial charge in [-0.2, -0.15) is 0 Å². The van der Waals surface area contributed by atoms with Crippen LogP contribution in [0.5, 0.6) is 0 Å². The van der Waals surface area contributed by atoms with E-state index in [0.717, 1.165) is 0 Å². The fourth-order valence-corrected chi connectivity index (χ4v) is 0. The first-order chi connectivity index (χ1) is 0. The van der Waals surface area contributed by atoms with Gasteiger partial charge in [-0.1, -0.05) is 0 Å². The smallest absolute Gasteiger partial charge is 0 e. The van der Waals surface area contributed by atoms with Gasteiger partial charge in [0.1, 0.15) is 0 Å². The van der Waals surface area contributed by atoms with E-state index in [1.54, 1.807) is 0 Å². The first kappa shape index (κ1) is 28.4. The summed E-state index contributed by atoms with van der Waals surface area (Å²) in [6.45, 7) is 0. The van der Waals surface area contributed by atoms with E-state index in [2.05, 4.69) is 0 Å². The molecule has 4 heteroatoms. The summed E-state index contributed by atoms with van der Waals surface area (Å²) in [7, 11) is 0. The molecule has 0 amide bonds. The molecule has 0 N–H and O–H groups in total. The Morgan fingerprint density at radius 2 is 0.500 bits per heavy atom. The zero-order valence-electron chi connectivity index (χ0n) is 1.56. The van der Waals surface area contributed by atoms with Gasteiger partial charge in [0.25, 0.3) is 0 Å². The van der Waals surface area contributed by atoms with Crippen molar-refractivity contribution in [3.8, 4) is 0 Å². The summed E-state index contributed by atoms with van der Waals surface area (Å²) < 4.78 is 0. The van der Waals surface area contributed by atoms with Crippen molar-refractivity contribution in [1.29, 1.82) is 0 Å². The average Bonchev–Trinajstić information content (AvgIpc) is 0. The van der Waals surface area contributed by atoms with E-state index in [4.69, 9.17) is 0 Å². The van der Waals surface area contributed by atoms with Crippen molar-refractivity contribution in [1.82, 2.24) is 0 Å². The maximum Gasteiger partial charge on any atom is 0 e. The largest absolute Gasteiger partial charge is 0 e. The van der Waals surface area contributed by atoms with E-state index in [1.807, 2.05) is 0 Å². The molecular formula is Ru3U. The molecule has 0 aliphatic rings. The predicted octanol–water partition coefficient (Wildman–Crippen LogP) is -0.00750. The van der Waals surface area contributed by atoms with Crippen LogP contribution in [0.25, 0.3) is 0 Å². The molecule has 0 unspecified atom stereocenters. The molecule has 0 aromatic heterocycles. The predicted molar refractivity (Wildman–Crippen MR) is 0 cm³/mol. The van der Waals surface area contributed by atoms with Crippen molar-refractivity contribution in [2.45, 2.75) is 0 Å². The fourth-order valence-electron chi connectivity index (χ4n) is 0. The monoisotopic (exact) mass is 544 g/mol. The zero-order chi connectivity index (χ0) is 0. The van der Waals surface area contributed by atoms with Gasteiger partial charge in [0.2, 0.25) is 0 Å². The Balaban J connectivity index is 0. The molecule has 0 heterocycles. The second-order valence-corrected chi connectivity index (χ2v) is 0. The molecule has 0 bridgehead atoms. The second-order valence-electron chi connectivity index (χ2n) is 0. The van der Waals surface area contributed by atoms with E-state index in [0.29, 0.717) is 0 Å². The van der Waals surface area contributed by atoms with Gasteiger partial charge in [-0.25, -0.2) is 0 Å². The molecule has 0 aromatic carbocycles. The van der Waals surface area contributed by atoms with Crippen molar-refractivity contribution < 1.29 is 89.5 Å². The summed E-state index contributed by atoms with van der Waals surface area (Å²) >= 11 is 0. The Kier molecular flexibility index (Phi) is 119. The molecule has 0 saturated heterocycles. The molecular weight excluding hydrogens is 541 g/mol. The third-order valence-electron chi connectivity index (χ3n) is 0. The van der Waals surface area contributed by atoms with Crippen LogP contribution in [0.15, 0.2) is 0 Å². The Bertz CT molecular complexity index is 3.25. The Labute approximate surface area is 87.9 Å². The van der Waals surface area contributed by atoms with Gasteiger partial charge in [-0.05, 0) is 0 Å². The van der Waals surface area contributed by atoms with E-state index < -0.39 is 0 Å². The van der Waals surface area contributed by atoms with Crippen molar-refractivity contribution >= 4 is 0 Å². The van der Waals surface area contributed by atoms with Crippen LogP contribution in [0.2, 0.25) is 0 Å². The van der Waals surface area contributed by atoms with Gasteiger partial charge in [-0.3, -0.25) is 0 Å². The van der Waals surface area contributed by atoms with Crippen LogP contribution in [-0.2, 0) is 58.4 Å². The van der Waals surface area contributed by atoms with E-state index in [9.17, 15) is 0 Å². The zero-order valence-corrected chi connectivity index (χ0v) is 10.9. The van der Waals surface area contributed by atoms with Crippen LogP contribution in [0, 0.1) is 31.1 Å². The normalized spacial score (nSPS) is 0. The molecule has 0 rings (SSSR count). The minimum Gasteiger partial charge on any atom is 0 e. The summed E-state index contributed by atoms with van der Waals surface area (Å²) in [4.78, 5) is 0. The fraction of sp³-hybridized carbons (Fsp3) is 0. The first-order valence-corrected chi connectivity index (χ1v) is 0. The van der Waals surface area contributed by atoms with Gasteiger partial charge in [0, 0.05) is 89.5 Å². The molecule has 0 nitrogen and oxygen atoms in total. The van der Waals surface area contributed by atoms with Crippen molar-refractivity contribution in [3.63, 3.8) is 0 Å². The SMILES string of the molecule is [Ru].[Ru].[Ru].[U]. The van der Waals surface area contributed by atoms with Crippen molar-refractivity contribution in [3.05, 3.63) is 0 Å². The van der Waals surface area contributed by atoms with Gasteiger partial charge >= 0.3 is 0 Å². The van der Waals surface area contributed by atoms with Gasteiger partial charge in [-0.15, -0.1) is 0 Å². The van der Waals surface area contributed by atoms with E-state index in [-0.39, 0.29) is 89.5 Å². The van der Waals surface area contributed by atoms with E-state index in [1.165, 1.54) is 0 Å². The van der Waals surface area contributed by atoms with Gasteiger partial charge < -0.3 is 0 Å². The topological polar surface area (TPSA) is 0 Å². The molecule has 4 heavy (non-hydrogen) atoms. The maximum absolute atomic E-state index is 0. The van der Waals surface area contributed by atoms with Crippen LogP contribution in [-0.4, -0.2) is 0 Å². The Morgan fingerprint density at radius 3 is 0.500 bits per heavy atom. The number of hydrogen-bond donors (Lipinski definition) is 0. The van der Waals surface area contributed by atoms with Crippen LogP contribution in [0.3, 0.4) is 0 Å². The van der Waals surface area contributed by atoms with Crippen molar-refractivity contribution in [2.24, 2.45) is 0 Å². The summed E-state index contributed by atoms with van der Waals surface area (Å²) in [5.41, 5.74) is 0. The molecule has 0 saturated carbocycles. The second kappa shape index (κ2) is 16.8. The third-order valence-corrected chi connectivity index (χ3v) is 0. The van der Waals surface area contributed by atoms with Crippen LogP contribution >= 0.6 is 0 Å². The number of hydrogen-bond acceptors (Lipinski definition) is 0. The molecule has 28 valence electrons. The summed E-state index contributed by atoms with van der Waals surface area (Å²) in [5, 5.41) is 0. The molecule has 0 spiro atoms. The Morgan fingerprint density at radius 1 is 0.500 bits per heavy atom. The standard InChI is InChI=1S/3Ru.U. The molecule has 0 aromatic rings. The molecule has 0 atom stereocenters. The minimum atomic E-state index is 0. The molecule has 0 fully saturated rings.